The Morgan fingerprint density at radius 1 is 1.07 bits per heavy atom. The van der Waals surface area contributed by atoms with Gasteiger partial charge in [-0.1, -0.05) is 29.5 Å². The molecule has 4 rings (SSSR count). The smallest absolute Gasteiger partial charge is 0.296 e. The molecule has 0 aliphatic carbocycles. The summed E-state index contributed by atoms with van der Waals surface area (Å²) in [6, 6.07) is 11.0. The number of hydrogen-bond acceptors (Lipinski definition) is 7. The van der Waals surface area contributed by atoms with E-state index >= 15 is 0 Å². The lowest BCUT2D eigenvalue weighted by molar-refractivity contribution is 0.354. The van der Waals surface area contributed by atoms with E-state index in [0.29, 0.717) is 21.6 Å². The number of halogens is 1. The van der Waals surface area contributed by atoms with Gasteiger partial charge in [0.05, 0.1) is 18.8 Å². The Morgan fingerprint density at radius 3 is 2.50 bits per heavy atom. The molecule has 2 aromatic carbocycles. The van der Waals surface area contributed by atoms with Crippen molar-refractivity contribution in [2.45, 2.75) is 6.42 Å². The van der Waals surface area contributed by atoms with Crippen LogP contribution in [0.4, 0.5) is 4.39 Å². The summed E-state index contributed by atoms with van der Waals surface area (Å²) in [7, 11) is 3.06. The van der Waals surface area contributed by atoms with E-state index in [4.69, 9.17) is 9.47 Å². The van der Waals surface area contributed by atoms with Gasteiger partial charge in [0.2, 0.25) is 4.96 Å². The zero-order chi connectivity index (χ0) is 21.3. The van der Waals surface area contributed by atoms with E-state index < -0.39 is 5.56 Å². The molecular weight excluding hydrogens is 409 g/mol. The number of hydrogen-bond donors (Lipinski definition) is 0. The van der Waals surface area contributed by atoms with Crippen molar-refractivity contribution in [3.05, 3.63) is 90.3 Å². The summed E-state index contributed by atoms with van der Waals surface area (Å²) in [4.78, 5) is 29.4. The van der Waals surface area contributed by atoms with Crippen molar-refractivity contribution in [1.29, 1.82) is 0 Å². The van der Waals surface area contributed by atoms with Crippen LogP contribution in [-0.2, 0) is 6.42 Å². The van der Waals surface area contributed by atoms with Gasteiger partial charge in [0.15, 0.2) is 11.5 Å². The van der Waals surface area contributed by atoms with Crippen LogP contribution in [0.5, 0.6) is 11.5 Å². The third-order valence-corrected chi connectivity index (χ3v) is 5.40. The molecule has 2 heterocycles. The van der Waals surface area contributed by atoms with E-state index in [9.17, 15) is 14.0 Å². The molecule has 0 aliphatic heterocycles. The molecule has 0 radical (unpaired) electrons. The molecule has 0 unspecified atom stereocenters. The normalized spacial score (nSPS) is 11.8. The number of fused-ring (bicyclic) bond motifs is 1. The van der Waals surface area contributed by atoms with Crippen LogP contribution in [0, 0.1) is 5.82 Å². The van der Waals surface area contributed by atoms with E-state index in [-0.39, 0.29) is 28.5 Å². The summed E-state index contributed by atoms with van der Waals surface area (Å²) in [5, 5.41) is 4.23. The van der Waals surface area contributed by atoms with E-state index in [2.05, 4.69) is 10.1 Å². The van der Waals surface area contributed by atoms with Gasteiger partial charge in [-0.3, -0.25) is 9.59 Å². The summed E-state index contributed by atoms with van der Waals surface area (Å²) in [6.07, 6.45) is 1.79. The molecule has 0 spiro atoms. The maximum Gasteiger partial charge on any atom is 0.296 e. The Balaban J connectivity index is 1.75. The summed E-state index contributed by atoms with van der Waals surface area (Å²) < 4.78 is 25.1. The molecule has 4 aromatic rings. The lowest BCUT2D eigenvalue weighted by Gasteiger charge is -2.09. The van der Waals surface area contributed by atoms with E-state index in [1.807, 2.05) is 0 Å². The second kappa shape index (κ2) is 8.03. The minimum Gasteiger partial charge on any atom is -0.493 e. The summed E-state index contributed by atoms with van der Waals surface area (Å²) in [6.45, 7) is 0. The molecule has 0 N–H and O–H groups in total. The second-order valence-corrected chi connectivity index (χ2v) is 7.40. The molecule has 0 aliphatic rings. The number of thiazole rings is 1. The maximum atomic E-state index is 13.1. The fourth-order valence-corrected chi connectivity index (χ4v) is 3.85. The molecule has 7 nitrogen and oxygen atoms in total. The molecule has 0 atom stereocenters. The van der Waals surface area contributed by atoms with E-state index in [1.165, 1.54) is 26.4 Å². The van der Waals surface area contributed by atoms with Gasteiger partial charge in [-0.05, 0) is 41.5 Å². The average Bonchev–Trinajstić information content (AvgIpc) is 3.04. The number of rotatable bonds is 5. The quantitative estimate of drug-likeness (QED) is 0.485. The molecule has 0 fully saturated rings. The van der Waals surface area contributed by atoms with Crippen molar-refractivity contribution >= 4 is 22.4 Å². The summed E-state index contributed by atoms with van der Waals surface area (Å²) in [5.41, 5.74) is 0.677. The van der Waals surface area contributed by atoms with Gasteiger partial charge in [0.1, 0.15) is 11.5 Å². The van der Waals surface area contributed by atoms with Crippen molar-refractivity contribution < 1.29 is 13.9 Å². The first-order valence-electron chi connectivity index (χ1n) is 8.89. The Hall–Kier alpha value is -3.59. The zero-order valence-electron chi connectivity index (χ0n) is 16.1. The average molecular weight is 425 g/mol. The molecule has 0 saturated carbocycles. The monoisotopic (exact) mass is 425 g/mol. The van der Waals surface area contributed by atoms with Gasteiger partial charge in [0.25, 0.3) is 11.1 Å². The number of aromatic nitrogens is 3. The van der Waals surface area contributed by atoms with Crippen LogP contribution >= 0.6 is 11.3 Å². The van der Waals surface area contributed by atoms with Crippen molar-refractivity contribution in [3.8, 4) is 11.5 Å². The number of methoxy groups -OCH3 is 2. The minimum atomic E-state index is -0.501. The summed E-state index contributed by atoms with van der Waals surface area (Å²) in [5.74, 6) is 0.736. The van der Waals surface area contributed by atoms with Gasteiger partial charge < -0.3 is 9.47 Å². The number of benzene rings is 2. The van der Waals surface area contributed by atoms with Gasteiger partial charge >= 0.3 is 0 Å². The van der Waals surface area contributed by atoms with E-state index in [1.54, 1.807) is 36.4 Å². The van der Waals surface area contributed by atoms with E-state index in [0.717, 1.165) is 21.4 Å². The van der Waals surface area contributed by atoms with Crippen LogP contribution in [0.25, 0.3) is 11.0 Å². The highest BCUT2D eigenvalue weighted by Crippen LogP contribution is 2.28. The SMILES string of the molecule is COc1ccc(Cc2nn3c(=O)c(=Cc4ccc(F)cc4)sc3nc2=O)cc1OC. The van der Waals surface area contributed by atoms with Crippen LogP contribution in [0.15, 0.2) is 52.1 Å². The Kier molecular flexibility index (Phi) is 5.28. The van der Waals surface area contributed by atoms with Crippen molar-refractivity contribution in [2.24, 2.45) is 0 Å². The molecule has 152 valence electrons. The highest BCUT2D eigenvalue weighted by Gasteiger charge is 2.13. The third-order valence-electron chi connectivity index (χ3n) is 4.44. The second-order valence-electron chi connectivity index (χ2n) is 6.39. The van der Waals surface area contributed by atoms with Crippen LogP contribution < -0.4 is 25.1 Å². The number of nitrogens with zero attached hydrogens (tertiary/aromatic N) is 3. The lowest BCUT2D eigenvalue weighted by atomic mass is 10.1. The topological polar surface area (TPSA) is 82.8 Å². The molecule has 9 heteroatoms. The molecular formula is C21H16FN3O4S. The molecule has 30 heavy (non-hydrogen) atoms. The first-order valence-corrected chi connectivity index (χ1v) is 9.71. The van der Waals surface area contributed by atoms with Crippen molar-refractivity contribution in [1.82, 2.24) is 14.6 Å². The Bertz CT molecular complexity index is 1400. The fraction of sp³-hybridized carbons (Fsp3) is 0.143. The lowest BCUT2D eigenvalue weighted by Crippen LogP contribution is -2.28. The van der Waals surface area contributed by atoms with Crippen LogP contribution in [0.2, 0.25) is 0 Å². The minimum absolute atomic E-state index is 0.142. The summed E-state index contributed by atoms with van der Waals surface area (Å²) >= 11 is 1.05. The van der Waals surface area contributed by atoms with Gasteiger partial charge in [-0.2, -0.15) is 14.6 Å². The van der Waals surface area contributed by atoms with Crippen LogP contribution in [-0.4, -0.2) is 28.8 Å². The predicted molar refractivity (Wildman–Crippen MR) is 111 cm³/mol. The molecule has 0 amide bonds. The zero-order valence-corrected chi connectivity index (χ0v) is 16.9. The predicted octanol–water partition coefficient (Wildman–Crippen LogP) is 1.81. The van der Waals surface area contributed by atoms with Crippen LogP contribution in [0.3, 0.4) is 0 Å². The highest BCUT2D eigenvalue weighted by molar-refractivity contribution is 7.15. The molecule has 0 saturated heterocycles. The van der Waals surface area contributed by atoms with Crippen molar-refractivity contribution in [3.63, 3.8) is 0 Å². The molecule has 2 aromatic heterocycles. The number of ether oxygens (including phenoxy) is 2. The van der Waals surface area contributed by atoms with Gasteiger partial charge in [-0.25, -0.2) is 4.39 Å². The standard InChI is InChI=1S/C21H16FN3O4S/c1-28-16-8-5-13(10-17(16)29-2)9-15-19(26)23-21-25(24-15)20(27)18(30-21)11-12-3-6-14(22)7-4-12/h3-8,10-11H,9H2,1-2H3. The Morgan fingerprint density at radius 2 is 1.80 bits per heavy atom. The van der Waals surface area contributed by atoms with Crippen LogP contribution in [0.1, 0.15) is 16.8 Å². The largest absolute Gasteiger partial charge is 0.493 e. The Labute approximate surface area is 173 Å². The fourth-order valence-electron chi connectivity index (χ4n) is 2.95. The third kappa shape index (κ3) is 3.79. The van der Waals surface area contributed by atoms with Gasteiger partial charge in [0, 0.05) is 6.42 Å². The highest BCUT2D eigenvalue weighted by atomic mass is 32.1. The van der Waals surface area contributed by atoms with Gasteiger partial charge in [-0.15, -0.1) is 0 Å². The molecule has 0 bridgehead atoms. The maximum absolute atomic E-state index is 13.1. The first kappa shape index (κ1) is 19.7. The van der Waals surface area contributed by atoms with Crippen molar-refractivity contribution in [2.75, 3.05) is 14.2 Å². The first-order chi connectivity index (χ1) is 14.5.